The Morgan fingerprint density at radius 1 is 0.673 bits per heavy atom. The van der Waals surface area contributed by atoms with E-state index in [0.29, 0.717) is 13.2 Å². The molecule has 288 valence electrons. The molecule has 2 aliphatic heterocycles. The van der Waals surface area contributed by atoms with Crippen LogP contribution in [-0.4, -0.2) is 77.3 Å². The van der Waals surface area contributed by atoms with Gasteiger partial charge in [0.15, 0.2) is 0 Å². The van der Waals surface area contributed by atoms with Crippen LogP contribution in [0.3, 0.4) is 0 Å². The van der Waals surface area contributed by atoms with Crippen molar-refractivity contribution in [3.05, 3.63) is 132 Å². The summed E-state index contributed by atoms with van der Waals surface area (Å²) in [5.74, 6) is 3.53. The lowest BCUT2D eigenvalue weighted by molar-refractivity contribution is 0.0935. The molecule has 8 rings (SSSR count). The van der Waals surface area contributed by atoms with Gasteiger partial charge < -0.3 is 24.3 Å². The van der Waals surface area contributed by atoms with Gasteiger partial charge in [0.05, 0.1) is 17.6 Å². The molecule has 0 amide bonds. The summed E-state index contributed by atoms with van der Waals surface area (Å²) in [6.07, 6.45) is 5.65. The number of hydrogen-bond donors (Lipinski definition) is 1. The molecule has 2 saturated heterocycles. The van der Waals surface area contributed by atoms with Crippen molar-refractivity contribution in [2.45, 2.75) is 37.9 Å². The lowest BCUT2D eigenvalue weighted by atomic mass is 10.1. The average molecular weight is 847 g/mol. The van der Waals surface area contributed by atoms with Crippen molar-refractivity contribution in [3.63, 3.8) is 0 Å². The molecular weight excluding hydrogens is 799 g/mol. The molecule has 1 N–H and O–H groups in total. The van der Waals surface area contributed by atoms with Gasteiger partial charge in [-0.1, -0.05) is 51.3 Å². The first-order valence-electron chi connectivity index (χ1n) is 18.5. The number of alkyl halides is 1. The molecule has 11 heteroatoms. The highest BCUT2D eigenvalue weighted by Crippen LogP contribution is 2.29. The molecule has 0 aliphatic carbocycles. The first-order valence-corrected chi connectivity index (χ1v) is 20.4. The maximum Gasteiger partial charge on any atom is 0.120 e. The van der Waals surface area contributed by atoms with Crippen LogP contribution in [0, 0.1) is 0 Å². The summed E-state index contributed by atoms with van der Waals surface area (Å²) in [6.45, 7) is 10.4. The lowest BCUT2D eigenvalue weighted by Crippen LogP contribution is -2.37. The second kappa shape index (κ2) is 19.6. The van der Waals surface area contributed by atoms with Gasteiger partial charge in [0.25, 0.3) is 0 Å². The first kappa shape index (κ1) is 40.5. The third-order valence-electron chi connectivity index (χ3n) is 9.37. The molecule has 0 saturated carbocycles. The van der Waals surface area contributed by atoms with Crippen LogP contribution in [0.5, 0.6) is 23.0 Å². The number of pyridine rings is 2. The van der Waals surface area contributed by atoms with Gasteiger partial charge in [-0.25, -0.2) is 0 Å². The normalized spacial score (nSPS) is 19.2. The van der Waals surface area contributed by atoms with Gasteiger partial charge in [-0.2, -0.15) is 0 Å². The van der Waals surface area contributed by atoms with E-state index in [9.17, 15) is 0 Å². The Kier molecular flexibility index (Phi) is 14.5. The number of halogens is 3. The highest BCUT2D eigenvalue weighted by atomic mass is 79.9. The maximum absolute atomic E-state index is 6.21. The van der Waals surface area contributed by atoms with Crippen LogP contribution in [0.4, 0.5) is 0 Å². The van der Waals surface area contributed by atoms with Crippen molar-refractivity contribution in [1.29, 1.82) is 0 Å². The van der Waals surface area contributed by atoms with E-state index in [4.69, 9.17) is 42.1 Å². The zero-order chi connectivity index (χ0) is 38.5. The number of rotatable bonds is 11. The summed E-state index contributed by atoms with van der Waals surface area (Å²) >= 11 is 15.1. The third kappa shape index (κ3) is 12.4. The minimum Gasteiger partial charge on any atom is -0.493 e. The maximum atomic E-state index is 6.21. The summed E-state index contributed by atoms with van der Waals surface area (Å²) in [5, 5.41) is 7.81. The second-order valence-electron chi connectivity index (χ2n) is 14.1. The topological polar surface area (TPSA) is 78.0 Å². The molecule has 6 aromatic rings. The minimum absolute atomic E-state index is 0.0617. The molecule has 2 aromatic heterocycles. The molecule has 0 bridgehead atoms. The molecule has 2 aliphatic rings. The fourth-order valence-corrected chi connectivity index (χ4v) is 6.91. The molecule has 55 heavy (non-hydrogen) atoms. The van der Waals surface area contributed by atoms with E-state index in [1.165, 1.54) is 0 Å². The summed E-state index contributed by atoms with van der Waals surface area (Å²) in [7, 11) is 0. The van der Waals surface area contributed by atoms with Crippen LogP contribution in [-0.2, 0) is 0 Å². The van der Waals surface area contributed by atoms with Gasteiger partial charge in [-0.3, -0.25) is 14.9 Å². The molecule has 4 heterocycles. The van der Waals surface area contributed by atoms with Gasteiger partial charge in [0.1, 0.15) is 40.8 Å². The number of aromatic nitrogens is 2. The number of fused-ring (bicyclic) bond motifs is 2. The minimum atomic E-state index is -0.178. The predicted octanol–water partition coefficient (Wildman–Crippen LogP) is 10.3. The van der Waals surface area contributed by atoms with Crippen LogP contribution >= 0.6 is 39.1 Å². The summed E-state index contributed by atoms with van der Waals surface area (Å²) in [4.78, 5) is 11.0. The molecule has 2 fully saturated rings. The molecule has 8 nitrogen and oxygen atoms in total. The monoisotopic (exact) mass is 844 g/mol. The summed E-state index contributed by atoms with van der Waals surface area (Å²) in [6, 6.07) is 35.0. The number of nitrogens with zero attached hydrogens (tertiary/aromatic N) is 3. The van der Waals surface area contributed by atoms with Crippen LogP contribution in [0.25, 0.3) is 21.8 Å². The smallest absolute Gasteiger partial charge is 0.120 e. The molecule has 2 atom stereocenters. The van der Waals surface area contributed by atoms with E-state index in [-0.39, 0.29) is 11.2 Å². The van der Waals surface area contributed by atoms with Gasteiger partial charge in [-0.05, 0) is 117 Å². The number of likely N-dealkylation sites (tertiary alicyclic amines) is 1. The van der Waals surface area contributed by atoms with E-state index < -0.39 is 0 Å². The second-order valence-corrected chi connectivity index (χ2v) is 15.7. The Morgan fingerprint density at radius 3 is 1.73 bits per heavy atom. The SMILES string of the molecule is BrCCOc1ccc2ncccc2c1.CC1(Oc2ccc(Cl)cc2)CCN(CCOc2ccc3ncccc3c2)C1.CC1(Oc2ccc(Cl)cc2)CCNC1. The number of ether oxygens (including phenoxy) is 4. The van der Waals surface area contributed by atoms with Crippen molar-refractivity contribution < 1.29 is 18.9 Å². The van der Waals surface area contributed by atoms with Crippen LogP contribution < -0.4 is 24.3 Å². The molecule has 0 spiro atoms. The Labute approximate surface area is 342 Å². The Balaban J connectivity index is 0.000000155. The van der Waals surface area contributed by atoms with Crippen molar-refractivity contribution in [3.8, 4) is 23.0 Å². The first-order chi connectivity index (χ1) is 26.7. The molecular formula is C44H47BrCl2N4O4. The fourth-order valence-electron chi connectivity index (χ4n) is 6.49. The summed E-state index contributed by atoms with van der Waals surface area (Å²) in [5.41, 5.74) is 1.74. The van der Waals surface area contributed by atoms with Gasteiger partial charge in [0.2, 0.25) is 0 Å². The van der Waals surface area contributed by atoms with Gasteiger partial charge in [0, 0.05) is 77.6 Å². The van der Waals surface area contributed by atoms with E-state index in [0.717, 1.165) is 106 Å². The molecule has 0 radical (unpaired) electrons. The Morgan fingerprint density at radius 2 is 1.20 bits per heavy atom. The van der Waals surface area contributed by atoms with E-state index in [1.807, 2.05) is 103 Å². The third-order valence-corrected chi connectivity index (χ3v) is 10.2. The number of hydrogen-bond acceptors (Lipinski definition) is 8. The van der Waals surface area contributed by atoms with E-state index >= 15 is 0 Å². The quantitative estimate of drug-likeness (QED) is 0.129. The number of nitrogens with one attached hydrogen (secondary N) is 1. The standard InChI is InChI=1S/C22H23ClN2O2.C11H10BrNO.C11H14ClNO/c1-22(27-19-6-4-18(23)5-7-19)10-12-25(16-22)13-14-26-20-8-9-21-17(15-20)3-2-11-24-21;12-5-7-14-10-3-4-11-9(8-10)2-1-6-13-11;1-11(6-7-13-8-11)14-10-4-2-9(12)3-5-10/h2-9,11,15H,10,12-14,16H2,1H3;1-4,6,8H,5,7H2;2-5,13H,6-8H2,1H3. The Bertz CT molecular complexity index is 2100. The molecule has 4 aromatic carbocycles. The predicted molar refractivity (Wildman–Crippen MR) is 228 cm³/mol. The van der Waals surface area contributed by atoms with Gasteiger partial charge in [-0.15, -0.1) is 0 Å². The highest BCUT2D eigenvalue weighted by Gasteiger charge is 2.35. The zero-order valence-corrected chi connectivity index (χ0v) is 34.3. The van der Waals surface area contributed by atoms with Crippen LogP contribution in [0.15, 0.2) is 122 Å². The lowest BCUT2D eigenvalue weighted by Gasteiger charge is -2.26. The molecule has 2 unspecified atom stereocenters. The van der Waals surface area contributed by atoms with Crippen LogP contribution in [0.1, 0.15) is 26.7 Å². The van der Waals surface area contributed by atoms with Crippen LogP contribution in [0.2, 0.25) is 10.0 Å². The Hall–Kier alpha value is -4.12. The summed E-state index contributed by atoms with van der Waals surface area (Å²) < 4.78 is 23.5. The average Bonchev–Trinajstić information content (AvgIpc) is 3.80. The van der Waals surface area contributed by atoms with E-state index in [2.05, 4.69) is 56.0 Å². The fraction of sp³-hybridized carbons (Fsp3) is 0.318. The van der Waals surface area contributed by atoms with E-state index in [1.54, 1.807) is 12.4 Å². The van der Waals surface area contributed by atoms with Crippen molar-refractivity contribution >= 4 is 60.9 Å². The van der Waals surface area contributed by atoms with Gasteiger partial charge >= 0.3 is 0 Å². The van der Waals surface area contributed by atoms with Crippen molar-refractivity contribution in [2.75, 3.05) is 51.3 Å². The largest absolute Gasteiger partial charge is 0.493 e. The van der Waals surface area contributed by atoms with Crippen molar-refractivity contribution in [1.82, 2.24) is 20.2 Å². The van der Waals surface area contributed by atoms with Crippen molar-refractivity contribution in [2.24, 2.45) is 0 Å². The number of benzene rings is 4. The highest BCUT2D eigenvalue weighted by molar-refractivity contribution is 9.09. The zero-order valence-electron chi connectivity index (χ0n) is 31.2.